The minimum Gasteiger partial charge on any atom is -0.381 e. The van der Waals surface area contributed by atoms with E-state index < -0.39 is 8.07 Å². The van der Waals surface area contributed by atoms with E-state index in [1.165, 1.54) is 29.8 Å². The van der Waals surface area contributed by atoms with Gasteiger partial charge >= 0.3 is 0 Å². The van der Waals surface area contributed by atoms with Crippen molar-refractivity contribution in [1.29, 1.82) is 0 Å². The van der Waals surface area contributed by atoms with Gasteiger partial charge in [0.15, 0.2) is 0 Å². The molecule has 1 aliphatic carbocycles. The van der Waals surface area contributed by atoms with Crippen molar-refractivity contribution >= 4 is 24.9 Å². The van der Waals surface area contributed by atoms with Gasteiger partial charge in [-0.15, -0.1) is 0 Å². The average Bonchev–Trinajstić information content (AvgIpc) is 3.11. The van der Waals surface area contributed by atoms with Crippen molar-refractivity contribution in [1.82, 2.24) is 19.9 Å². The third-order valence-electron chi connectivity index (χ3n) is 7.26. The van der Waals surface area contributed by atoms with Gasteiger partial charge in [-0.1, -0.05) is 19.6 Å². The molecule has 1 unspecified atom stereocenters. The van der Waals surface area contributed by atoms with Crippen LogP contribution in [0.25, 0.3) is 11.0 Å². The maximum absolute atomic E-state index is 6.10. The van der Waals surface area contributed by atoms with Crippen molar-refractivity contribution in [2.24, 2.45) is 5.92 Å². The molecule has 1 atom stereocenters. The number of hydrogen-bond acceptors (Lipinski definition) is 6. The van der Waals surface area contributed by atoms with Crippen LogP contribution in [0.15, 0.2) is 12.5 Å². The van der Waals surface area contributed by atoms with Crippen LogP contribution in [0.3, 0.4) is 0 Å². The lowest BCUT2D eigenvalue weighted by Gasteiger charge is -2.47. The Balaban J connectivity index is 1.42. The standard InChI is InChI=1S/C23H37N5O2Si/c1-31(2,3)9-8-30-15-28-13-19(16-4-6-29-7-5-16)21-22(25-14-26-23(21)28)27-20-12-24-18-10-17(20)11-18/h13-14,16-18,20,24H,4-12,15H2,1-3H3,(H,25,26,27). The van der Waals surface area contributed by atoms with E-state index in [4.69, 9.17) is 19.4 Å². The molecule has 0 radical (unpaired) electrons. The highest BCUT2D eigenvalue weighted by molar-refractivity contribution is 6.76. The summed E-state index contributed by atoms with van der Waals surface area (Å²) in [6.45, 7) is 11.2. The first-order chi connectivity index (χ1) is 15.0. The molecule has 3 saturated heterocycles. The normalized spacial score (nSPS) is 26.7. The Morgan fingerprint density at radius 1 is 1.23 bits per heavy atom. The fourth-order valence-electron chi connectivity index (χ4n) is 5.18. The van der Waals surface area contributed by atoms with Crippen LogP contribution in [0, 0.1) is 5.92 Å². The van der Waals surface area contributed by atoms with E-state index in [0.717, 1.165) is 62.6 Å². The number of nitrogens with one attached hydrogen (secondary N) is 2. The molecule has 0 amide bonds. The van der Waals surface area contributed by atoms with E-state index in [-0.39, 0.29) is 0 Å². The number of aromatic nitrogens is 3. The maximum Gasteiger partial charge on any atom is 0.147 e. The zero-order chi connectivity index (χ0) is 21.4. The molecule has 4 fully saturated rings. The first-order valence-corrected chi connectivity index (χ1v) is 15.7. The Morgan fingerprint density at radius 3 is 2.74 bits per heavy atom. The minimum atomic E-state index is -1.10. The van der Waals surface area contributed by atoms with Gasteiger partial charge in [-0.25, -0.2) is 9.97 Å². The van der Waals surface area contributed by atoms with Gasteiger partial charge in [0.2, 0.25) is 0 Å². The van der Waals surface area contributed by atoms with Gasteiger partial charge in [-0.3, -0.25) is 0 Å². The van der Waals surface area contributed by atoms with Gasteiger partial charge in [0.1, 0.15) is 24.5 Å². The fraction of sp³-hybridized carbons (Fsp3) is 0.739. The topological polar surface area (TPSA) is 73.2 Å². The number of nitrogens with zero attached hydrogens (tertiary/aromatic N) is 3. The lowest BCUT2D eigenvalue weighted by Crippen LogP contribution is -2.58. The van der Waals surface area contributed by atoms with E-state index in [1.807, 2.05) is 0 Å². The third-order valence-corrected chi connectivity index (χ3v) is 8.97. The molecule has 31 heavy (non-hydrogen) atoms. The highest BCUT2D eigenvalue weighted by Gasteiger charge is 2.40. The lowest BCUT2D eigenvalue weighted by molar-refractivity contribution is 0.0840. The molecule has 2 aromatic heterocycles. The van der Waals surface area contributed by atoms with Crippen LogP contribution in [-0.2, 0) is 16.2 Å². The Bertz CT molecular complexity index is 896. The second-order valence-corrected chi connectivity index (χ2v) is 16.4. The summed E-state index contributed by atoms with van der Waals surface area (Å²) in [7, 11) is -1.10. The van der Waals surface area contributed by atoms with Crippen LogP contribution >= 0.6 is 0 Å². The molecule has 2 N–H and O–H groups in total. The van der Waals surface area contributed by atoms with E-state index >= 15 is 0 Å². The van der Waals surface area contributed by atoms with Crippen molar-refractivity contribution in [3.05, 3.63) is 18.1 Å². The van der Waals surface area contributed by atoms with Gasteiger partial charge < -0.3 is 24.7 Å². The number of rotatable bonds is 8. The fourth-order valence-corrected chi connectivity index (χ4v) is 5.94. The first kappa shape index (κ1) is 21.4. The molecular formula is C23H37N5O2Si. The van der Waals surface area contributed by atoms with Crippen LogP contribution in [0.5, 0.6) is 0 Å². The zero-order valence-corrected chi connectivity index (χ0v) is 20.2. The first-order valence-electron chi connectivity index (χ1n) is 12.0. The summed E-state index contributed by atoms with van der Waals surface area (Å²) in [5.74, 6) is 2.24. The molecule has 2 bridgehead atoms. The van der Waals surface area contributed by atoms with E-state index in [9.17, 15) is 0 Å². The summed E-state index contributed by atoms with van der Waals surface area (Å²) >= 11 is 0. The van der Waals surface area contributed by atoms with Crippen LogP contribution in [0.4, 0.5) is 5.82 Å². The molecule has 3 aliphatic heterocycles. The van der Waals surface area contributed by atoms with Crippen molar-refractivity contribution in [3.63, 3.8) is 0 Å². The number of hydrogen-bond donors (Lipinski definition) is 2. The third kappa shape index (κ3) is 4.67. The van der Waals surface area contributed by atoms with Gasteiger partial charge in [0.05, 0.1) is 5.39 Å². The summed E-state index contributed by atoms with van der Waals surface area (Å²) in [4.78, 5) is 9.42. The van der Waals surface area contributed by atoms with E-state index in [2.05, 4.69) is 41.0 Å². The highest BCUT2D eigenvalue weighted by atomic mass is 28.3. The molecule has 7 nitrogen and oxygen atoms in total. The molecule has 4 aliphatic rings. The predicted molar refractivity (Wildman–Crippen MR) is 126 cm³/mol. The Hall–Kier alpha value is -1.48. The molecule has 0 spiro atoms. The second kappa shape index (κ2) is 8.81. The molecule has 8 heteroatoms. The number of anilines is 1. The monoisotopic (exact) mass is 443 g/mol. The Morgan fingerprint density at radius 2 is 2.03 bits per heavy atom. The largest absolute Gasteiger partial charge is 0.381 e. The van der Waals surface area contributed by atoms with Crippen LogP contribution in [0.1, 0.15) is 37.2 Å². The number of fused-ring (bicyclic) bond motifs is 3. The lowest BCUT2D eigenvalue weighted by atomic mass is 9.72. The Labute approximate surface area is 186 Å². The Kier molecular flexibility index (Phi) is 6.07. The number of piperidine rings is 2. The van der Waals surface area contributed by atoms with E-state index in [0.29, 0.717) is 18.7 Å². The molecule has 0 aromatic carbocycles. The van der Waals surface area contributed by atoms with Crippen molar-refractivity contribution in [2.75, 3.05) is 31.7 Å². The second-order valence-electron chi connectivity index (χ2n) is 10.8. The molecule has 170 valence electrons. The van der Waals surface area contributed by atoms with Crippen LogP contribution < -0.4 is 10.6 Å². The van der Waals surface area contributed by atoms with Gasteiger partial charge in [-0.2, -0.15) is 0 Å². The maximum atomic E-state index is 6.10. The van der Waals surface area contributed by atoms with Crippen LogP contribution in [-0.4, -0.2) is 61.1 Å². The van der Waals surface area contributed by atoms with Crippen molar-refractivity contribution in [3.8, 4) is 0 Å². The van der Waals surface area contributed by atoms with Gasteiger partial charge in [0, 0.05) is 52.7 Å². The van der Waals surface area contributed by atoms with Crippen molar-refractivity contribution < 1.29 is 9.47 Å². The highest BCUT2D eigenvalue weighted by Crippen LogP contribution is 2.39. The molecule has 5 heterocycles. The van der Waals surface area contributed by atoms with Crippen molar-refractivity contribution in [2.45, 2.75) is 76.1 Å². The number of ether oxygens (including phenoxy) is 2. The quantitative estimate of drug-likeness (QED) is 0.478. The van der Waals surface area contributed by atoms with Gasteiger partial charge in [0.25, 0.3) is 0 Å². The summed E-state index contributed by atoms with van der Waals surface area (Å²) in [5.41, 5.74) is 2.34. The molecular weight excluding hydrogens is 406 g/mol. The summed E-state index contributed by atoms with van der Waals surface area (Å²) in [5, 5.41) is 8.63. The summed E-state index contributed by atoms with van der Waals surface area (Å²) in [6.07, 6.45) is 8.65. The van der Waals surface area contributed by atoms with Gasteiger partial charge in [-0.05, 0) is 49.1 Å². The predicted octanol–water partition coefficient (Wildman–Crippen LogP) is 3.80. The molecule has 6 rings (SSSR count). The van der Waals surface area contributed by atoms with E-state index in [1.54, 1.807) is 6.33 Å². The molecule has 2 aromatic rings. The summed E-state index contributed by atoms with van der Waals surface area (Å²) < 4.78 is 13.9. The SMILES string of the molecule is C[Si](C)(C)CCOCn1cc(C2CCOCC2)c2c(NC3CNC4CC3C4)ncnc21. The van der Waals surface area contributed by atoms with Crippen LogP contribution in [0.2, 0.25) is 25.7 Å². The summed E-state index contributed by atoms with van der Waals surface area (Å²) in [6, 6.07) is 2.36. The zero-order valence-electron chi connectivity index (χ0n) is 19.2. The molecule has 1 saturated carbocycles. The smallest absolute Gasteiger partial charge is 0.147 e. The minimum absolute atomic E-state index is 0.446. The average molecular weight is 444 g/mol.